The fraction of sp³-hybridized carbons (Fsp3) is 0.300. The highest BCUT2D eigenvalue weighted by molar-refractivity contribution is 9.09. The van der Waals surface area contributed by atoms with Gasteiger partial charge in [0.05, 0.1) is 5.75 Å². The summed E-state index contributed by atoms with van der Waals surface area (Å²) in [7, 11) is 0. The number of benzene rings is 1. The van der Waals surface area contributed by atoms with Gasteiger partial charge in [-0.2, -0.15) is 11.8 Å². The van der Waals surface area contributed by atoms with Gasteiger partial charge in [-0.25, -0.2) is 0 Å². The minimum atomic E-state index is 0.0575. The van der Waals surface area contributed by atoms with Crippen LogP contribution in [0.1, 0.15) is 0 Å². The van der Waals surface area contributed by atoms with Crippen LogP contribution in [0.3, 0.4) is 0 Å². The van der Waals surface area contributed by atoms with Crippen LogP contribution in [-0.2, 0) is 4.79 Å². The van der Waals surface area contributed by atoms with Gasteiger partial charge in [0.15, 0.2) is 0 Å². The summed E-state index contributed by atoms with van der Waals surface area (Å²) in [6, 6.07) is 9.50. The quantitative estimate of drug-likeness (QED) is 0.660. The van der Waals surface area contributed by atoms with Crippen LogP contribution in [0.5, 0.6) is 0 Å². The first kappa shape index (κ1) is 11.6. The number of anilines is 1. The fourth-order valence-corrected chi connectivity index (χ4v) is 2.14. The number of amides is 1. The highest BCUT2D eigenvalue weighted by Crippen LogP contribution is 2.07. The number of alkyl halides is 1. The van der Waals surface area contributed by atoms with E-state index < -0.39 is 0 Å². The summed E-state index contributed by atoms with van der Waals surface area (Å²) in [5, 5.41) is 3.75. The van der Waals surface area contributed by atoms with E-state index in [2.05, 4.69) is 21.2 Å². The Balaban J connectivity index is 2.27. The van der Waals surface area contributed by atoms with Crippen molar-refractivity contribution in [2.45, 2.75) is 0 Å². The summed E-state index contributed by atoms with van der Waals surface area (Å²) in [4.78, 5) is 11.3. The third-order valence-corrected chi connectivity index (χ3v) is 3.39. The number of rotatable bonds is 5. The fourth-order valence-electron chi connectivity index (χ4n) is 0.938. The molecular weight excluding hydrogens is 262 g/mol. The summed E-state index contributed by atoms with van der Waals surface area (Å²) in [6.45, 7) is 0. The van der Waals surface area contributed by atoms with Crippen molar-refractivity contribution in [3.8, 4) is 0 Å². The van der Waals surface area contributed by atoms with Crippen LogP contribution in [-0.4, -0.2) is 22.7 Å². The maximum absolute atomic E-state index is 11.3. The van der Waals surface area contributed by atoms with Crippen molar-refractivity contribution in [2.75, 3.05) is 22.2 Å². The van der Waals surface area contributed by atoms with E-state index in [1.165, 1.54) is 0 Å². The molecule has 0 radical (unpaired) electrons. The molecule has 0 spiro atoms. The lowest BCUT2D eigenvalue weighted by molar-refractivity contribution is -0.113. The second kappa shape index (κ2) is 6.90. The Morgan fingerprint density at radius 1 is 1.36 bits per heavy atom. The third-order valence-electron chi connectivity index (χ3n) is 1.51. The number of carbonyl (C=O) groups excluding carboxylic acids is 1. The summed E-state index contributed by atoms with van der Waals surface area (Å²) >= 11 is 4.94. The number of hydrogen-bond donors (Lipinski definition) is 1. The molecule has 1 aromatic carbocycles. The molecule has 1 amide bonds. The lowest BCUT2D eigenvalue weighted by atomic mass is 10.3. The van der Waals surface area contributed by atoms with Gasteiger partial charge in [-0.1, -0.05) is 34.1 Å². The Morgan fingerprint density at radius 3 is 2.71 bits per heavy atom. The SMILES string of the molecule is O=C(CSCCBr)Nc1ccccc1. The van der Waals surface area contributed by atoms with Gasteiger partial charge in [0, 0.05) is 16.8 Å². The summed E-state index contributed by atoms with van der Waals surface area (Å²) in [5.74, 6) is 1.53. The predicted octanol–water partition coefficient (Wildman–Crippen LogP) is 2.75. The first-order chi connectivity index (χ1) is 6.83. The zero-order valence-electron chi connectivity index (χ0n) is 7.70. The molecule has 76 valence electrons. The van der Waals surface area contributed by atoms with Gasteiger partial charge in [-0.3, -0.25) is 4.79 Å². The second-order valence-electron chi connectivity index (χ2n) is 2.66. The molecule has 0 heterocycles. The predicted molar refractivity (Wildman–Crippen MR) is 66.2 cm³/mol. The average Bonchev–Trinajstić information content (AvgIpc) is 2.20. The monoisotopic (exact) mass is 273 g/mol. The first-order valence-corrected chi connectivity index (χ1v) is 6.59. The maximum Gasteiger partial charge on any atom is 0.234 e. The molecule has 1 rings (SSSR count). The van der Waals surface area contributed by atoms with Gasteiger partial charge >= 0.3 is 0 Å². The van der Waals surface area contributed by atoms with Crippen molar-refractivity contribution in [3.05, 3.63) is 30.3 Å². The Labute approximate surface area is 96.6 Å². The normalized spacial score (nSPS) is 9.79. The molecule has 14 heavy (non-hydrogen) atoms. The molecule has 1 aromatic rings. The molecule has 0 saturated heterocycles. The van der Waals surface area contributed by atoms with Crippen LogP contribution >= 0.6 is 27.7 Å². The molecule has 0 aliphatic rings. The van der Waals surface area contributed by atoms with E-state index in [1.807, 2.05) is 30.3 Å². The van der Waals surface area contributed by atoms with Crippen molar-refractivity contribution in [2.24, 2.45) is 0 Å². The minimum Gasteiger partial charge on any atom is -0.325 e. The van der Waals surface area contributed by atoms with Gasteiger partial charge in [-0.15, -0.1) is 0 Å². The number of halogens is 1. The van der Waals surface area contributed by atoms with Crippen LogP contribution in [0.25, 0.3) is 0 Å². The van der Waals surface area contributed by atoms with E-state index in [9.17, 15) is 4.79 Å². The van der Waals surface area contributed by atoms with Gasteiger partial charge < -0.3 is 5.32 Å². The number of carbonyl (C=O) groups is 1. The molecule has 4 heteroatoms. The molecule has 0 saturated carbocycles. The maximum atomic E-state index is 11.3. The van der Waals surface area contributed by atoms with Crippen LogP contribution in [0.4, 0.5) is 5.69 Å². The molecular formula is C10H12BrNOS. The Bertz CT molecular complexity index is 279. The Hall–Kier alpha value is -0.480. The van der Waals surface area contributed by atoms with Gasteiger partial charge in [0.1, 0.15) is 0 Å². The molecule has 0 aliphatic heterocycles. The summed E-state index contributed by atoms with van der Waals surface area (Å²) < 4.78 is 0. The Morgan fingerprint density at radius 2 is 2.07 bits per heavy atom. The molecule has 0 fully saturated rings. The number of thioether (sulfide) groups is 1. The minimum absolute atomic E-state index is 0.0575. The van der Waals surface area contributed by atoms with E-state index in [-0.39, 0.29) is 5.91 Å². The van der Waals surface area contributed by atoms with E-state index in [4.69, 9.17) is 0 Å². The molecule has 0 aromatic heterocycles. The van der Waals surface area contributed by atoms with Crippen molar-refractivity contribution in [3.63, 3.8) is 0 Å². The van der Waals surface area contributed by atoms with Crippen LogP contribution in [0.15, 0.2) is 30.3 Å². The first-order valence-electron chi connectivity index (χ1n) is 4.31. The molecule has 0 aliphatic carbocycles. The third kappa shape index (κ3) is 4.67. The smallest absolute Gasteiger partial charge is 0.234 e. The van der Waals surface area contributed by atoms with E-state index in [0.29, 0.717) is 5.75 Å². The number of para-hydroxylation sites is 1. The molecule has 2 nitrogen and oxygen atoms in total. The molecule has 0 atom stereocenters. The van der Waals surface area contributed by atoms with Crippen molar-refractivity contribution in [1.82, 2.24) is 0 Å². The highest BCUT2D eigenvalue weighted by atomic mass is 79.9. The van der Waals surface area contributed by atoms with E-state index in [0.717, 1.165) is 16.8 Å². The standard InChI is InChI=1S/C10H12BrNOS/c11-6-7-14-8-10(13)12-9-4-2-1-3-5-9/h1-5H,6-8H2,(H,12,13). The molecule has 0 unspecified atom stereocenters. The van der Waals surface area contributed by atoms with Gasteiger partial charge in [0.25, 0.3) is 0 Å². The molecule has 0 bridgehead atoms. The van der Waals surface area contributed by atoms with E-state index >= 15 is 0 Å². The molecule has 1 N–H and O–H groups in total. The van der Waals surface area contributed by atoms with Crippen LogP contribution < -0.4 is 5.32 Å². The number of hydrogen-bond acceptors (Lipinski definition) is 2. The summed E-state index contributed by atoms with van der Waals surface area (Å²) in [6.07, 6.45) is 0. The van der Waals surface area contributed by atoms with Crippen molar-refractivity contribution in [1.29, 1.82) is 0 Å². The zero-order chi connectivity index (χ0) is 10.2. The number of nitrogens with one attached hydrogen (secondary N) is 1. The van der Waals surface area contributed by atoms with Crippen molar-refractivity contribution < 1.29 is 4.79 Å². The van der Waals surface area contributed by atoms with Crippen LogP contribution in [0.2, 0.25) is 0 Å². The summed E-state index contributed by atoms with van der Waals surface area (Å²) in [5.41, 5.74) is 0.858. The van der Waals surface area contributed by atoms with E-state index in [1.54, 1.807) is 11.8 Å². The lowest BCUT2D eigenvalue weighted by Gasteiger charge is -2.03. The largest absolute Gasteiger partial charge is 0.325 e. The Kier molecular flexibility index (Phi) is 5.71. The van der Waals surface area contributed by atoms with Crippen LogP contribution in [0, 0.1) is 0 Å². The van der Waals surface area contributed by atoms with Gasteiger partial charge in [0.2, 0.25) is 5.91 Å². The lowest BCUT2D eigenvalue weighted by Crippen LogP contribution is -2.14. The topological polar surface area (TPSA) is 29.1 Å². The zero-order valence-corrected chi connectivity index (χ0v) is 10.1. The highest BCUT2D eigenvalue weighted by Gasteiger charge is 2.00. The second-order valence-corrected chi connectivity index (χ2v) is 4.55. The average molecular weight is 274 g/mol. The van der Waals surface area contributed by atoms with Crippen molar-refractivity contribution >= 4 is 39.3 Å². The van der Waals surface area contributed by atoms with Gasteiger partial charge in [-0.05, 0) is 12.1 Å².